The van der Waals surface area contributed by atoms with Crippen molar-refractivity contribution in [2.75, 3.05) is 32.7 Å². The highest BCUT2D eigenvalue weighted by Gasteiger charge is 2.22. The van der Waals surface area contributed by atoms with E-state index in [9.17, 15) is 9.59 Å². The van der Waals surface area contributed by atoms with E-state index in [2.05, 4.69) is 10.2 Å². The number of nitrogens with zero attached hydrogens (tertiary/aromatic N) is 2. The molecule has 1 aliphatic rings. The molecule has 5 nitrogen and oxygen atoms in total. The standard InChI is InChI=1S/C18H26ClN3O2/c1-14(2)20-17(23)13-21-9-11-22(12-10-21)18(24)8-7-15-5-3-4-6-16(15)19/h3-6,14H,7-13H2,1-2H3,(H,20,23). The SMILES string of the molecule is CC(C)NC(=O)CN1CCN(C(=O)CCc2ccccc2Cl)CC1. The van der Waals surface area contributed by atoms with Gasteiger partial charge in [0, 0.05) is 43.7 Å². The molecule has 0 aliphatic carbocycles. The van der Waals surface area contributed by atoms with Crippen LogP contribution in [0.5, 0.6) is 0 Å². The van der Waals surface area contributed by atoms with Crippen LogP contribution in [0, 0.1) is 0 Å². The number of aryl methyl sites for hydroxylation is 1. The van der Waals surface area contributed by atoms with Crippen molar-refractivity contribution in [3.63, 3.8) is 0 Å². The highest BCUT2D eigenvalue weighted by atomic mass is 35.5. The summed E-state index contributed by atoms with van der Waals surface area (Å²) in [5.74, 6) is 0.199. The number of amides is 2. The van der Waals surface area contributed by atoms with E-state index in [1.54, 1.807) is 0 Å². The van der Waals surface area contributed by atoms with E-state index in [0.717, 1.165) is 18.7 Å². The number of halogens is 1. The lowest BCUT2D eigenvalue weighted by Gasteiger charge is -2.34. The Kier molecular flexibility index (Phi) is 7.06. The average Bonchev–Trinajstić information content (AvgIpc) is 2.53. The Morgan fingerprint density at radius 2 is 1.83 bits per heavy atom. The first-order valence-electron chi connectivity index (χ1n) is 8.48. The zero-order valence-corrected chi connectivity index (χ0v) is 15.2. The molecule has 0 bridgehead atoms. The number of benzene rings is 1. The lowest BCUT2D eigenvalue weighted by molar-refractivity contribution is -0.133. The Hall–Kier alpha value is -1.59. The molecule has 24 heavy (non-hydrogen) atoms. The molecule has 0 spiro atoms. The molecule has 2 rings (SSSR count). The van der Waals surface area contributed by atoms with E-state index in [-0.39, 0.29) is 17.9 Å². The van der Waals surface area contributed by atoms with Crippen LogP contribution in [0.4, 0.5) is 0 Å². The molecule has 2 amide bonds. The summed E-state index contributed by atoms with van der Waals surface area (Å²) in [4.78, 5) is 28.1. The second-order valence-corrected chi connectivity index (χ2v) is 6.88. The van der Waals surface area contributed by atoms with Crippen molar-refractivity contribution in [2.45, 2.75) is 32.7 Å². The lowest BCUT2D eigenvalue weighted by Crippen LogP contribution is -2.51. The highest BCUT2D eigenvalue weighted by molar-refractivity contribution is 6.31. The largest absolute Gasteiger partial charge is 0.353 e. The fraction of sp³-hybridized carbons (Fsp3) is 0.556. The van der Waals surface area contributed by atoms with Gasteiger partial charge in [-0.3, -0.25) is 14.5 Å². The summed E-state index contributed by atoms with van der Waals surface area (Å²) >= 11 is 6.13. The van der Waals surface area contributed by atoms with Crippen LogP contribution in [0.15, 0.2) is 24.3 Å². The summed E-state index contributed by atoms with van der Waals surface area (Å²) in [5, 5.41) is 3.61. The molecule has 0 atom stereocenters. The van der Waals surface area contributed by atoms with E-state index in [1.165, 1.54) is 0 Å². The van der Waals surface area contributed by atoms with Crippen molar-refractivity contribution in [1.82, 2.24) is 15.1 Å². The topological polar surface area (TPSA) is 52.7 Å². The Morgan fingerprint density at radius 1 is 1.17 bits per heavy atom. The molecule has 1 N–H and O–H groups in total. The van der Waals surface area contributed by atoms with E-state index in [1.807, 2.05) is 43.0 Å². The van der Waals surface area contributed by atoms with Gasteiger partial charge in [-0.25, -0.2) is 0 Å². The molecule has 132 valence electrons. The van der Waals surface area contributed by atoms with Crippen LogP contribution in [0.25, 0.3) is 0 Å². The predicted octanol–water partition coefficient (Wildman–Crippen LogP) is 1.94. The van der Waals surface area contributed by atoms with Gasteiger partial charge < -0.3 is 10.2 Å². The van der Waals surface area contributed by atoms with Gasteiger partial charge in [-0.1, -0.05) is 29.8 Å². The molecule has 0 unspecified atom stereocenters. The molecule has 6 heteroatoms. The monoisotopic (exact) mass is 351 g/mol. The highest BCUT2D eigenvalue weighted by Crippen LogP contribution is 2.17. The van der Waals surface area contributed by atoms with Gasteiger partial charge in [0.25, 0.3) is 0 Å². The van der Waals surface area contributed by atoms with E-state index >= 15 is 0 Å². The number of hydrogen-bond donors (Lipinski definition) is 1. The molecule has 1 fully saturated rings. The van der Waals surface area contributed by atoms with Gasteiger partial charge in [0.15, 0.2) is 0 Å². The third-order valence-corrected chi connectivity index (χ3v) is 4.48. The third kappa shape index (κ3) is 5.80. The molecule has 0 saturated carbocycles. The molecular weight excluding hydrogens is 326 g/mol. The third-order valence-electron chi connectivity index (χ3n) is 4.11. The maximum Gasteiger partial charge on any atom is 0.234 e. The van der Waals surface area contributed by atoms with Gasteiger partial charge in [-0.15, -0.1) is 0 Å². The summed E-state index contributed by atoms with van der Waals surface area (Å²) in [6, 6.07) is 7.79. The van der Waals surface area contributed by atoms with Gasteiger partial charge in [0.05, 0.1) is 6.54 Å². The maximum atomic E-state index is 12.3. The second kappa shape index (κ2) is 9.04. The molecule has 1 heterocycles. The first-order valence-corrected chi connectivity index (χ1v) is 8.86. The van der Waals surface area contributed by atoms with Crippen molar-refractivity contribution in [2.24, 2.45) is 0 Å². The van der Waals surface area contributed by atoms with Gasteiger partial charge in [0.2, 0.25) is 11.8 Å². The molecule has 0 radical (unpaired) electrons. The van der Waals surface area contributed by atoms with Crippen LogP contribution in [0.1, 0.15) is 25.8 Å². The molecule has 1 aromatic carbocycles. The summed E-state index contributed by atoms with van der Waals surface area (Å²) in [7, 11) is 0. The first kappa shape index (κ1) is 18.7. The molecule has 1 saturated heterocycles. The van der Waals surface area contributed by atoms with Gasteiger partial charge >= 0.3 is 0 Å². The van der Waals surface area contributed by atoms with Crippen LogP contribution in [-0.2, 0) is 16.0 Å². The minimum absolute atomic E-state index is 0.0449. The van der Waals surface area contributed by atoms with Crippen molar-refractivity contribution in [3.05, 3.63) is 34.9 Å². The molecule has 1 aliphatic heterocycles. The van der Waals surface area contributed by atoms with Crippen LogP contribution in [0.3, 0.4) is 0 Å². The summed E-state index contributed by atoms with van der Waals surface area (Å²) in [5.41, 5.74) is 1.01. The summed E-state index contributed by atoms with van der Waals surface area (Å²) < 4.78 is 0. The Morgan fingerprint density at radius 3 is 2.46 bits per heavy atom. The van der Waals surface area contributed by atoms with E-state index < -0.39 is 0 Å². The number of carbonyl (C=O) groups excluding carboxylic acids is 2. The first-order chi connectivity index (χ1) is 11.5. The van der Waals surface area contributed by atoms with Crippen molar-refractivity contribution >= 4 is 23.4 Å². The van der Waals surface area contributed by atoms with Crippen molar-refractivity contribution in [1.29, 1.82) is 0 Å². The Labute approximate surface area is 149 Å². The van der Waals surface area contributed by atoms with Crippen LogP contribution in [-0.4, -0.2) is 60.4 Å². The Bertz CT molecular complexity index is 569. The zero-order chi connectivity index (χ0) is 17.5. The van der Waals surface area contributed by atoms with E-state index in [0.29, 0.717) is 37.5 Å². The van der Waals surface area contributed by atoms with Crippen molar-refractivity contribution in [3.8, 4) is 0 Å². The fourth-order valence-electron chi connectivity index (χ4n) is 2.83. The minimum atomic E-state index is 0.0449. The Balaban J connectivity index is 1.72. The van der Waals surface area contributed by atoms with Crippen LogP contribution in [0.2, 0.25) is 5.02 Å². The number of rotatable bonds is 6. The molecular formula is C18H26ClN3O2. The van der Waals surface area contributed by atoms with Crippen LogP contribution < -0.4 is 5.32 Å². The summed E-state index contributed by atoms with van der Waals surface area (Å²) in [6.45, 7) is 7.14. The minimum Gasteiger partial charge on any atom is -0.353 e. The quantitative estimate of drug-likeness (QED) is 0.852. The van der Waals surface area contributed by atoms with Gasteiger partial charge in [0.1, 0.15) is 0 Å². The van der Waals surface area contributed by atoms with Gasteiger partial charge in [-0.05, 0) is 31.9 Å². The van der Waals surface area contributed by atoms with Gasteiger partial charge in [-0.2, -0.15) is 0 Å². The van der Waals surface area contributed by atoms with Crippen LogP contribution >= 0.6 is 11.6 Å². The summed E-state index contributed by atoms with van der Waals surface area (Å²) in [6.07, 6.45) is 1.13. The number of nitrogens with one attached hydrogen (secondary N) is 1. The number of carbonyl (C=O) groups is 2. The second-order valence-electron chi connectivity index (χ2n) is 6.47. The average molecular weight is 352 g/mol. The van der Waals surface area contributed by atoms with Crippen molar-refractivity contribution < 1.29 is 9.59 Å². The maximum absolute atomic E-state index is 12.3. The lowest BCUT2D eigenvalue weighted by atomic mass is 10.1. The number of piperazine rings is 1. The normalized spacial score (nSPS) is 15.6. The molecule has 0 aromatic heterocycles. The smallest absolute Gasteiger partial charge is 0.234 e. The number of hydrogen-bond acceptors (Lipinski definition) is 3. The fourth-order valence-corrected chi connectivity index (χ4v) is 3.06. The molecule has 1 aromatic rings. The zero-order valence-electron chi connectivity index (χ0n) is 14.4. The van der Waals surface area contributed by atoms with E-state index in [4.69, 9.17) is 11.6 Å². The predicted molar refractivity (Wildman–Crippen MR) is 96.1 cm³/mol.